The summed E-state index contributed by atoms with van der Waals surface area (Å²) in [5.74, 6) is -2.59. The maximum absolute atomic E-state index is 12.1. The molecule has 14 heteroatoms. The SMILES string of the molecule is CC(=O)OC[C@H]1O[C@H](Oc2cccc(N3CCc4cc([N+](=O)[O-])ccc43)c2)[C@@H](OC(C)=O)[C@@H](OC(C)=O)[C@@H]1OC(C)=O. The fourth-order valence-corrected chi connectivity index (χ4v) is 4.91. The first-order valence-electron chi connectivity index (χ1n) is 13.0. The summed E-state index contributed by atoms with van der Waals surface area (Å²) in [6.45, 7) is 4.78. The van der Waals surface area contributed by atoms with Crippen molar-refractivity contribution >= 4 is 40.9 Å². The van der Waals surface area contributed by atoms with Crippen LogP contribution in [-0.2, 0) is 49.3 Å². The highest BCUT2D eigenvalue weighted by atomic mass is 16.7. The van der Waals surface area contributed by atoms with Crippen LogP contribution in [0.2, 0.25) is 0 Å². The average molecular weight is 587 g/mol. The third-order valence-corrected chi connectivity index (χ3v) is 6.50. The molecule has 0 saturated carbocycles. The number of nitro benzene ring substituents is 1. The number of ether oxygens (including phenoxy) is 6. The van der Waals surface area contributed by atoms with Gasteiger partial charge in [-0.15, -0.1) is 0 Å². The summed E-state index contributed by atoms with van der Waals surface area (Å²) in [4.78, 5) is 60.3. The lowest BCUT2D eigenvalue weighted by Crippen LogP contribution is -2.63. The quantitative estimate of drug-likeness (QED) is 0.182. The standard InChI is InChI=1S/C28H30N2O12/c1-15(31)37-14-24-25(38-16(2)32)26(39-17(3)33)27(40-18(4)34)28(42-24)41-22-7-5-6-20(13-22)29-11-10-19-12-21(30(35)36)8-9-23(19)29/h5-9,12-13,24-28H,10-11,14H2,1-4H3/t24-,25-,26+,27+,28+/m1/s1. The van der Waals surface area contributed by atoms with E-state index in [-0.39, 0.29) is 18.0 Å². The van der Waals surface area contributed by atoms with Gasteiger partial charge in [-0.05, 0) is 30.2 Å². The van der Waals surface area contributed by atoms with Crippen LogP contribution in [0.15, 0.2) is 42.5 Å². The summed E-state index contributed by atoms with van der Waals surface area (Å²) in [6, 6.07) is 11.6. The molecule has 0 aliphatic carbocycles. The van der Waals surface area contributed by atoms with Crippen molar-refractivity contribution in [3.63, 3.8) is 0 Å². The van der Waals surface area contributed by atoms with E-state index in [2.05, 4.69) is 0 Å². The molecule has 2 heterocycles. The van der Waals surface area contributed by atoms with Crippen LogP contribution in [0.1, 0.15) is 33.3 Å². The van der Waals surface area contributed by atoms with Crippen LogP contribution in [0.5, 0.6) is 5.75 Å². The predicted molar refractivity (Wildman–Crippen MR) is 143 cm³/mol. The van der Waals surface area contributed by atoms with E-state index in [0.717, 1.165) is 32.0 Å². The van der Waals surface area contributed by atoms with Crippen molar-refractivity contribution in [1.82, 2.24) is 0 Å². The van der Waals surface area contributed by atoms with Gasteiger partial charge in [0.05, 0.1) is 4.92 Å². The zero-order valence-electron chi connectivity index (χ0n) is 23.3. The molecule has 1 saturated heterocycles. The highest BCUT2D eigenvalue weighted by Crippen LogP contribution is 2.38. The summed E-state index contributed by atoms with van der Waals surface area (Å²) in [6.07, 6.45) is -5.97. The first-order valence-corrected chi connectivity index (χ1v) is 13.0. The molecule has 14 nitrogen and oxygen atoms in total. The Morgan fingerprint density at radius 1 is 0.905 bits per heavy atom. The van der Waals surface area contributed by atoms with E-state index >= 15 is 0 Å². The molecule has 2 aliphatic heterocycles. The Bertz CT molecular complexity index is 1380. The number of non-ortho nitro benzene ring substituents is 1. The lowest BCUT2D eigenvalue weighted by atomic mass is 9.98. The summed E-state index contributed by atoms with van der Waals surface area (Å²) < 4.78 is 33.5. The number of anilines is 2. The van der Waals surface area contributed by atoms with E-state index in [1.54, 1.807) is 30.3 Å². The van der Waals surface area contributed by atoms with E-state index < -0.39 is 59.5 Å². The fourth-order valence-electron chi connectivity index (χ4n) is 4.91. The number of rotatable bonds is 9. The number of hydrogen-bond donors (Lipinski definition) is 0. The van der Waals surface area contributed by atoms with Crippen molar-refractivity contribution < 1.29 is 52.5 Å². The Balaban J connectivity index is 1.65. The lowest BCUT2D eigenvalue weighted by molar-refractivity contribution is -0.384. The second kappa shape index (κ2) is 12.9. The van der Waals surface area contributed by atoms with Crippen molar-refractivity contribution in [3.05, 3.63) is 58.1 Å². The van der Waals surface area contributed by atoms with Gasteiger partial charge in [0.1, 0.15) is 18.5 Å². The molecule has 0 spiro atoms. The minimum atomic E-state index is -1.38. The molecule has 224 valence electrons. The Morgan fingerprint density at radius 3 is 2.21 bits per heavy atom. The molecule has 0 amide bonds. The highest BCUT2D eigenvalue weighted by Gasteiger charge is 2.53. The van der Waals surface area contributed by atoms with Gasteiger partial charge in [0, 0.05) is 63.8 Å². The molecule has 42 heavy (non-hydrogen) atoms. The second-order valence-electron chi connectivity index (χ2n) is 9.65. The van der Waals surface area contributed by atoms with Gasteiger partial charge in [0.2, 0.25) is 12.4 Å². The molecule has 0 bridgehead atoms. The fraction of sp³-hybridized carbons (Fsp3) is 0.429. The summed E-state index contributed by atoms with van der Waals surface area (Å²) in [7, 11) is 0. The van der Waals surface area contributed by atoms with Crippen molar-refractivity contribution in [2.24, 2.45) is 0 Å². The summed E-state index contributed by atoms with van der Waals surface area (Å²) in [5.41, 5.74) is 2.36. The van der Waals surface area contributed by atoms with Crippen LogP contribution in [0.3, 0.4) is 0 Å². The molecule has 0 N–H and O–H groups in total. The number of carbonyl (C=O) groups is 4. The van der Waals surface area contributed by atoms with Crippen molar-refractivity contribution in [2.45, 2.75) is 64.8 Å². The number of fused-ring (bicyclic) bond motifs is 1. The van der Waals surface area contributed by atoms with Gasteiger partial charge in [-0.3, -0.25) is 29.3 Å². The molecule has 1 fully saturated rings. The van der Waals surface area contributed by atoms with E-state index in [4.69, 9.17) is 28.4 Å². The molecule has 5 atom stereocenters. The van der Waals surface area contributed by atoms with Gasteiger partial charge in [-0.25, -0.2) is 0 Å². The molecule has 4 rings (SSSR count). The molecular formula is C28H30N2O12. The van der Waals surface area contributed by atoms with Gasteiger partial charge in [-0.2, -0.15) is 0 Å². The maximum Gasteiger partial charge on any atom is 0.303 e. The lowest BCUT2D eigenvalue weighted by Gasteiger charge is -2.43. The first-order chi connectivity index (χ1) is 19.9. The number of benzene rings is 2. The van der Waals surface area contributed by atoms with Crippen LogP contribution >= 0.6 is 0 Å². The first kappa shape index (κ1) is 30.2. The third kappa shape index (κ3) is 7.13. The van der Waals surface area contributed by atoms with Crippen molar-refractivity contribution in [2.75, 3.05) is 18.1 Å². The number of nitrogens with zero attached hydrogens (tertiary/aromatic N) is 2. The average Bonchev–Trinajstić information content (AvgIpc) is 3.34. The van der Waals surface area contributed by atoms with E-state index in [9.17, 15) is 29.3 Å². The molecule has 2 aromatic rings. The maximum atomic E-state index is 12.1. The van der Waals surface area contributed by atoms with Crippen LogP contribution in [0.25, 0.3) is 0 Å². The molecular weight excluding hydrogens is 556 g/mol. The molecule has 0 unspecified atom stereocenters. The number of hydrogen-bond acceptors (Lipinski definition) is 13. The monoisotopic (exact) mass is 586 g/mol. The van der Waals surface area contributed by atoms with Crippen LogP contribution < -0.4 is 9.64 Å². The third-order valence-electron chi connectivity index (χ3n) is 6.50. The van der Waals surface area contributed by atoms with E-state index in [1.807, 2.05) is 11.0 Å². The van der Waals surface area contributed by atoms with Crippen molar-refractivity contribution in [3.8, 4) is 5.75 Å². The smallest absolute Gasteiger partial charge is 0.303 e. The second-order valence-corrected chi connectivity index (χ2v) is 9.65. The van der Waals surface area contributed by atoms with Gasteiger partial charge in [0.25, 0.3) is 5.69 Å². The predicted octanol–water partition coefficient (Wildman–Crippen LogP) is 2.75. The molecule has 0 radical (unpaired) electrons. The topological polar surface area (TPSA) is 170 Å². The van der Waals surface area contributed by atoms with Gasteiger partial charge >= 0.3 is 23.9 Å². The molecule has 2 aliphatic rings. The van der Waals surface area contributed by atoms with Gasteiger partial charge in [-0.1, -0.05) is 6.07 Å². The summed E-state index contributed by atoms with van der Waals surface area (Å²) in [5, 5.41) is 11.2. The van der Waals surface area contributed by atoms with Crippen LogP contribution in [0.4, 0.5) is 17.1 Å². The Kier molecular flexibility index (Phi) is 9.25. The van der Waals surface area contributed by atoms with Crippen LogP contribution in [0, 0.1) is 10.1 Å². The summed E-state index contributed by atoms with van der Waals surface area (Å²) >= 11 is 0. The largest absolute Gasteiger partial charge is 0.463 e. The number of nitro groups is 1. The zero-order chi connectivity index (χ0) is 30.6. The number of carbonyl (C=O) groups excluding carboxylic acids is 4. The van der Waals surface area contributed by atoms with Gasteiger partial charge < -0.3 is 33.3 Å². The van der Waals surface area contributed by atoms with E-state index in [0.29, 0.717) is 18.7 Å². The highest BCUT2D eigenvalue weighted by molar-refractivity contribution is 5.72. The number of esters is 4. The van der Waals surface area contributed by atoms with Crippen LogP contribution in [-0.4, -0.2) is 72.7 Å². The van der Waals surface area contributed by atoms with Gasteiger partial charge in [0.15, 0.2) is 12.2 Å². The van der Waals surface area contributed by atoms with E-state index in [1.165, 1.54) is 13.0 Å². The molecule has 2 aromatic carbocycles. The normalized spacial score (nSPS) is 22.9. The Morgan fingerprint density at radius 2 is 1.57 bits per heavy atom. The Labute approximate surface area is 240 Å². The van der Waals surface area contributed by atoms with Crippen molar-refractivity contribution in [1.29, 1.82) is 0 Å². The minimum absolute atomic E-state index is 0.0105. The molecule has 0 aromatic heterocycles. The zero-order valence-corrected chi connectivity index (χ0v) is 23.3. The minimum Gasteiger partial charge on any atom is -0.463 e. The Hall–Kier alpha value is -4.72.